The van der Waals surface area contributed by atoms with E-state index in [1.54, 1.807) is 18.2 Å². The molecule has 2 aromatic carbocycles. The van der Waals surface area contributed by atoms with E-state index in [-0.39, 0.29) is 10.5 Å². The zero-order valence-electron chi connectivity index (χ0n) is 13.1. The Kier molecular flexibility index (Phi) is 5.36. The maximum atomic E-state index is 12.6. The molecule has 2 rings (SSSR count). The van der Waals surface area contributed by atoms with E-state index in [4.69, 9.17) is 5.73 Å². The first-order valence-electron chi connectivity index (χ1n) is 7.12. The summed E-state index contributed by atoms with van der Waals surface area (Å²) in [6.45, 7) is 5.45. The summed E-state index contributed by atoms with van der Waals surface area (Å²) in [7, 11) is -5.99. The summed E-state index contributed by atoms with van der Waals surface area (Å²) in [6.07, 6.45) is 0.741. The number of hydrogen-bond acceptors (Lipinski definition) is 4. The van der Waals surface area contributed by atoms with Gasteiger partial charge in [0.15, 0.2) is 0 Å². The van der Waals surface area contributed by atoms with Crippen molar-refractivity contribution in [2.45, 2.75) is 23.1 Å². The summed E-state index contributed by atoms with van der Waals surface area (Å²) in [6, 6.07) is 12.2. The molecule has 126 valence electrons. The van der Waals surface area contributed by atoms with E-state index >= 15 is 0 Å². The van der Waals surface area contributed by atoms with E-state index in [1.165, 1.54) is 18.2 Å². The van der Waals surface area contributed by atoms with Crippen LogP contribution in [0.25, 0.3) is 0 Å². The number of benzene rings is 2. The number of rotatable bonds is 6. The van der Waals surface area contributed by atoms with Crippen molar-refractivity contribution in [2.75, 3.05) is 0 Å². The topological polar surface area (TPSA) is 94.3 Å². The molecule has 5 nitrogen and oxygen atoms in total. The average Bonchev–Trinajstić information content (AvgIpc) is 2.60. The fourth-order valence-corrected chi connectivity index (χ4v) is 4.96. The van der Waals surface area contributed by atoms with Crippen LogP contribution in [0.2, 0.25) is 0 Å². The number of primary amides is 1. The molecule has 0 aliphatic carbocycles. The minimum Gasteiger partial charge on any atom is -0.366 e. The lowest BCUT2D eigenvalue weighted by molar-refractivity contribution is 0.1000. The molecule has 0 saturated carbocycles. The summed E-state index contributed by atoms with van der Waals surface area (Å²) in [5.41, 5.74) is 6.17. The predicted octanol–water partition coefficient (Wildman–Crippen LogP) is 2.40. The van der Waals surface area contributed by atoms with Gasteiger partial charge in [-0.1, -0.05) is 31.7 Å². The van der Waals surface area contributed by atoms with E-state index in [0.29, 0.717) is 4.90 Å². The Morgan fingerprint density at radius 2 is 1.83 bits per heavy atom. The first-order chi connectivity index (χ1) is 11.3. The second kappa shape index (κ2) is 7.11. The average molecular weight is 363 g/mol. The van der Waals surface area contributed by atoms with Crippen LogP contribution in [0.4, 0.5) is 0 Å². The molecule has 1 atom stereocenters. The van der Waals surface area contributed by atoms with Crippen LogP contribution in [0.1, 0.15) is 22.8 Å². The summed E-state index contributed by atoms with van der Waals surface area (Å²) in [5.74, 6) is -0.741. The zero-order chi connectivity index (χ0) is 17.9. The van der Waals surface area contributed by atoms with Crippen molar-refractivity contribution in [3.63, 3.8) is 0 Å². The molecule has 2 aromatic rings. The van der Waals surface area contributed by atoms with Crippen LogP contribution < -0.4 is 5.73 Å². The molecule has 0 aliphatic heterocycles. The highest BCUT2D eigenvalue weighted by atomic mass is 32.3. The van der Waals surface area contributed by atoms with Crippen LogP contribution >= 0.6 is 0 Å². The van der Waals surface area contributed by atoms with Gasteiger partial charge in [0.2, 0.25) is 15.7 Å². The molecule has 0 fully saturated rings. The van der Waals surface area contributed by atoms with E-state index < -0.39 is 30.8 Å². The Hall–Kier alpha value is -2.25. The minimum atomic E-state index is -4.06. The molecular formula is C17H17NO4S2. The Balaban J connectivity index is 2.41. The lowest BCUT2D eigenvalue weighted by Crippen LogP contribution is -2.13. The van der Waals surface area contributed by atoms with E-state index in [0.717, 1.165) is 18.1 Å². The van der Waals surface area contributed by atoms with E-state index in [9.17, 15) is 17.4 Å². The molecule has 0 spiro atoms. The van der Waals surface area contributed by atoms with Crippen molar-refractivity contribution in [1.29, 1.82) is 0 Å². The molecule has 1 unspecified atom stereocenters. The van der Waals surface area contributed by atoms with Crippen molar-refractivity contribution in [1.82, 2.24) is 0 Å². The van der Waals surface area contributed by atoms with E-state index in [2.05, 4.69) is 6.58 Å². The Morgan fingerprint density at radius 3 is 2.46 bits per heavy atom. The number of amides is 1. The van der Waals surface area contributed by atoms with Crippen LogP contribution in [0.5, 0.6) is 0 Å². The third-order valence-corrected chi connectivity index (χ3v) is 7.14. The molecule has 1 amide bonds. The summed E-state index contributed by atoms with van der Waals surface area (Å²) >= 11 is 0. The molecule has 0 aliphatic rings. The van der Waals surface area contributed by atoms with E-state index in [1.807, 2.05) is 13.0 Å². The molecule has 7 heteroatoms. The van der Waals surface area contributed by atoms with Crippen LogP contribution in [-0.4, -0.2) is 18.5 Å². The first-order valence-corrected chi connectivity index (χ1v) is 9.75. The fourth-order valence-electron chi connectivity index (χ4n) is 2.06. The Bertz CT molecular complexity index is 933. The van der Waals surface area contributed by atoms with Gasteiger partial charge in [-0.2, -0.15) is 0 Å². The SMILES string of the molecule is C=C(S(=O)c1cccc(CC)c1)S(=O)(=O)c1cccc(C(N)=O)c1. The fraction of sp³-hybridized carbons (Fsp3) is 0.118. The van der Waals surface area contributed by atoms with Gasteiger partial charge in [0.1, 0.15) is 4.24 Å². The minimum absolute atomic E-state index is 0.0580. The largest absolute Gasteiger partial charge is 0.366 e. The second-order valence-corrected chi connectivity index (χ2v) is 8.77. The quantitative estimate of drug-likeness (QED) is 0.852. The molecule has 0 saturated heterocycles. The van der Waals surface area contributed by atoms with Crippen molar-refractivity contribution in [2.24, 2.45) is 5.73 Å². The van der Waals surface area contributed by atoms with Crippen LogP contribution in [0.3, 0.4) is 0 Å². The summed E-state index contributed by atoms with van der Waals surface area (Å²) < 4.78 is 37.4. The molecule has 0 heterocycles. The van der Waals surface area contributed by atoms with Gasteiger partial charge in [0.05, 0.1) is 15.7 Å². The number of hydrogen-bond donors (Lipinski definition) is 1. The van der Waals surface area contributed by atoms with Gasteiger partial charge in [0.25, 0.3) is 0 Å². The molecule has 0 radical (unpaired) electrons. The molecule has 24 heavy (non-hydrogen) atoms. The van der Waals surface area contributed by atoms with Crippen LogP contribution in [0, 0.1) is 0 Å². The third kappa shape index (κ3) is 3.63. The Labute approximate surface area is 143 Å². The number of sulfone groups is 1. The van der Waals surface area contributed by atoms with Crippen molar-refractivity contribution in [3.8, 4) is 0 Å². The van der Waals surface area contributed by atoms with Crippen LogP contribution in [0.15, 0.2) is 69.1 Å². The number of carbonyl (C=O) groups is 1. The highest BCUT2D eigenvalue weighted by Crippen LogP contribution is 2.25. The maximum absolute atomic E-state index is 12.6. The number of carbonyl (C=O) groups excluding carboxylic acids is 1. The first kappa shape index (κ1) is 18.1. The third-order valence-electron chi connectivity index (χ3n) is 3.46. The highest BCUT2D eigenvalue weighted by Gasteiger charge is 2.25. The highest BCUT2D eigenvalue weighted by molar-refractivity contribution is 8.11. The van der Waals surface area contributed by atoms with Gasteiger partial charge < -0.3 is 5.73 Å². The van der Waals surface area contributed by atoms with Gasteiger partial charge >= 0.3 is 0 Å². The van der Waals surface area contributed by atoms with Crippen molar-refractivity contribution in [3.05, 3.63) is 70.5 Å². The van der Waals surface area contributed by atoms with Gasteiger partial charge in [-0.15, -0.1) is 0 Å². The van der Waals surface area contributed by atoms with Gasteiger partial charge in [-0.25, -0.2) is 12.6 Å². The maximum Gasteiger partial charge on any atom is 0.248 e. The Morgan fingerprint density at radius 1 is 1.17 bits per heavy atom. The number of aryl methyl sites for hydroxylation is 1. The van der Waals surface area contributed by atoms with Gasteiger partial charge in [0, 0.05) is 10.5 Å². The molecule has 0 bridgehead atoms. The monoisotopic (exact) mass is 363 g/mol. The van der Waals surface area contributed by atoms with Crippen molar-refractivity contribution >= 4 is 26.5 Å². The van der Waals surface area contributed by atoms with Crippen LogP contribution in [-0.2, 0) is 27.1 Å². The molecule has 2 N–H and O–H groups in total. The normalized spacial score (nSPS) is 12.5. The zero-order valence-corrected chi connectivity index (χ0v) is 14.7. The predicted molar refractivity (Wildman–Crippen MR) is 93.5 cm³/mol. The van der Waals surface area contributed by atoms with Gasteiger partial charge in [-0.3, -0.25) is 4.79 Å². The van der Waals surface area contributed by atoms with Crippen molar-refractivity contribution < 1.29 is 17.4 Å². The lowest BCUT2D eigenvalue weighted by atomic mass is 10.2. The molecule has 0 aromatic heterocycles. The second-order valence-electron chi connectivity index (χ2n) is 5.04. The smallest absolute Gasteiger partial charge is 0.248 e. The molecular weight excluding hydrogens is 346 g/mol. The number of nitrogens with two attached hydrogens (primary N) is 1. The summed E-state index contributed by atoms with van der Waals surface area (Å²) in [5, 5.41) is 0. The lowest BCUT2D eigenvalue weighted by Gasteiger charge is -2.09. The standard InChI is InChI=1S/C17H17NO4S2/c1-3-13-6-4-8-15(10-13)23(20)12(2)24(21,22)16-9-5-7-14(11-16)17(18)19/h4-11H,2-3H2,1H3,(H2,18,19). The van der Waals surface area contributed by atoms with Gasteiger partial charge in [-0.05, 0) is 42.3 Å². The summed E-state index contributed by atoms with van der Waals surface area (Å²) in [4.78, 5) is 11.4.